The zero-order valence-corrected chi connectivity index (χ0v) is 13.8. The second-order valence-corrected chi connectivity index (χ2v) is 6.10. The Morgan fingerprint density at radius 3 is 2.39 bits per heavy atom. The summed E-state index contributed by atoms with van der Waals surface area (Å²) in [7, 11) is 1.67. The molecule has 0 unspecified atom stereocenters. The molecule has 1 aliphatic heterocycles. The minimum atomic E-state index is 0.564. The first-order valence-electron chi connectivity index (χ1n) is 8.41. The normalized spacial score (nSPS) is 15.3. The Balaban J connectivity index is 1.61. The lowest BCUT2D eigenvalue weighted by atomic mass is 10.1. The van der Waals surface area contributed by atoms with Gasteiger partial charge >= 0.3 is 0 Å². The first-order valence-corrected chi connectivity index (χ1v) is 8.41. The summed E-state index contributed by atoms with van der Waals surface area (Å²) in [5, 5.41) is 0. The summed E-state index contributed by atoms with van der Waals surface area (Å²) in [6.07, 6.45) is 4.04. The first kappa shape index (κ1) is 15.9. The van der Waals surface area contributed by atoms with Crippen molar-refractivity contribution in [2.45, 2.75) is 32.4 Å². The van der Waals surface area contributed by atoms with Gasteiger partial charge in [-0.1, -0.05) is 42.8 Å². The van der Waals surface area contributed by atoms with Crippen molar-refractivity contribution in [2.75, 3.05) is 20.2 Å². The molecule has 0 aromatic heterocycles. The highest BCUT2D eigenvalue weighted by molar-refractivity contribution is 5.39. The molecule has 0 radical (unpaired) electrons. The van der Waals surface area contributed by atoms with E-state index in [1.807, 2.05) is 24.3 Å². The fraction of sp³-hybridized carbons (Fsp3) is 0.400. The van der Waals surface area contributed by atoms with E-state index in [1.54, 1.807) is 7.11 Å². The van der Waals surface area contributed by atoms with Crippen LogP contribution >= 0.6 is 0 Å². The lowest BCUT2D eigenvalue weighted by Crippen LogP contribution is -2.29. The molecule has 0 atom stereocenters. The third-order valence-electron chi connectivity index (χ3n) is 4.31. The van der Waals surface area contributed by atoms with Crippen LogP contribution in [0.4, 0.5) is 0 Å². The number of ether oxygens (including phenoxy) is 2. The third-order valence-corrected chi connectivity index (χ3v) is 4.31. The molecule has 3 nitrogen and oxygen atoms in total. The van der Waals surface area contributed by atoms with Crippen molar-refractivity contribution in [3.05, 3.63) is 59.7 Å². The van der Waals surface area contributed by atoms with E-state index in [9.17, 15) is 0 Å². The molecule has 1 heterocycles. The molecule has 0 bridgehead atoms. The van der Waals surface area contributed by atoms with Crippen LogP contribution in [0.25, 0.3) is 0 Å². The smallest absolute Gasteiger partial charge is 0.161 e. The van der Waals surface area contributed by atoms with E-state index in [0.29, 0.717) is 6.61 Å². The van der Waals surface area contributed by atoms with Gasteiger partial charge in [0.25, 0.3) is 0 Å². The van der Waals surface area contributed by atoms with E-state index in [0.717, 1.165) is 18.0 Å². The largest absolute Gasteiger partial charge is 0.493 e. The Bertz CT molecular complexity index is 621. The molecule has 2 aromatic rings. The van der Waals surface area contributed by atoms with Crippen molar-refractivity contribution in [3.8, 4) is 11.5 Å². The second-order valence-electron chi connectivity index (χ2n) is 6.10. The third kappa shape index (κ3) is 4.49. The van der Waals surface area contributed by atoms with Crippen molar-refractivity contribution < 1.29 is 9.47 Å². The molecule has 0 saturated carbocycles. The van der Waals surface area contributed by atoms with Crippen molar-refractivity contribution in [1.82, 2.24) is 4.90 Å². The SMILES string of the molecule is COc1ccccc1OCc1cccc(CN2CCCCC2)c1. The van der Waals surface area contributed by atoms with Gasteiger partial charge in [-0.2, -0.15) is 0 Å². The Labute approximate surface area is 138 Å². The molecule has 3 rings (SSSR count). The van der Waals surface area contributed by atoms with Gasteiger partial charge in [0.1, 0.15) is 6.61 Å². The van der Waals surface area contributed by atoms with Crippen molar-refractivity contribution >= 4 is 0 Å². The standard InChI is InChI=1S/C20H25NO2/c1-22-19-10-3-4-11-20(19)23-16-18-9-7-8-17(14-18)15-21-12-5-2-6-13-21/h3-4,7-11,14H,2,5-6,12-13,15-16H2,1H3. The molecular formula is C20H25NO2. The minimum absolute atomic E-state index is 0.564. The fourth-order valence-electron chi connectivity index (χ4n) is 3.09. The zero-order valence-electron chi connectivity index (χ0n) is 13.8. The van der Waals surface area contributed by atoms with Gasteiger partial charge in [0.2, 0.25) is 0 Å². The molecule has 122 valence electrons. The quantitative estimate of drug-likeness (QED) is 0.795. The summed E-state index contributed by atoms with van der Waals surface area (Å²) < 4.78 is 11.2. The molecule has 23 heavy (non-hydrogen) atoms. The topological polar surface area (TPSA) is 21.7 Å². The predicted octanol–water partition coefficient (Wildman–Crippen LogP) is 4.26. The maximum absolute atomic E-state index is 5.92. The summed E-state index contributed by atoms with van der Waals surface area (Å²) in [4.78, 5) is 2.55. The number of para-hydroxylation sites is 2. The molecule has 1 fully saturated rings. The van der Waals surface area contributed by atoms with Crippen LogP contribution in [0.1, 0.15) is 30.4 Å². The molecule has 1 aliphatic rings. The van der Waals surface area contributed by atoms with Crippen molar-refractivity contribution in [1.29, 1.82) is 0 Å². The lowest BCUT2D eigenvalue weighted by Gasteiger charge is -2.26. The number of rotatable bonds is 6. The average molecular weight is 311 g/mol. The first-order chi connectivity index (χ1) is 11.3. The predicted molar refractivity (Wildman–Crippen MR) is 92.9 cm³/mol. The van der Waals surface area contributed by atoms with Gasteiger partial charge in [0, 0.05) is 6.54 Å². The second kappa shape index (κ2) is 8.02. The Morgan fingerprint density at radius 1 is 0.870 bits per heavy atom. The van der Waals surface area contributed by atoms with Gasteiger partial charge in [0.15, 0.2) is 11.5 Å². The number of piperidine rings is 1. The highest BCUT2D eigenvalue weighted by atomic mass is 16.5. The number of likely N-dealkylation sites (tertiary alicyclic amines) is 1. The van der Waals surface area contributed by atoms with E-state index < -0.39 is 0 Å². The molecule has 0 spiro atoms. The van der Waals surface area contributed by atoms with Gasteiger partial charge in [-0.25, -0.2) is 0 Å². The highest BCUT2D eigenvalue weighted by Crippen LogP contribution is 2.26. The number of hydrogen-bond acceptors (Lipinski definition) is 3. The maximum atomic E-state index is 5.92. The Morgan fingerprint density at radius 2 is 1.61 bits per heavy atom. The van der Waals surface area contributed by atoms with Gasteiger partial charge in [-0.15, -0.1) is 0 Å². The highest BCUT2D eigenvalue weighted by Gasteiger charge is 2.10. The summed E-state index contributed by atoms with van der Waals surface area (Å²) in [6, 6.07) is 16.5. The number of hydrogen-bond donors (Lipinski definition) is 0. The summed E-state index contributed by atoms with van der Waals surface area (Å²) in [6.45, 7) is 4.06. The fourth-order valence-corrected chi connectivity index (χ4v) is 3.09. The number of nitrogens with zero attached hydrogens (tertiary/aromatic N) is 1. The van der Waals surface area contributed by atoms with Crippen LogP contribution in [-0.4, -0.2) is 25.1 Å². The Hall–Kier alpha value is -2.00. The van der Waals surface area contributed by atoms with E-state index in [2.05, 4.69) is 29.2 Å². The minimum Gasteiger partial charge on any atom is -0.493 e. The summed E-state index contributed by atoms with van der Waals surface area (Å²) >= 11 is 0. The molecule has 0 N–H and O–H groups in total. The van der Waals surface area contributed by atoms with Gasteiger partial charge < -0.3 is 9.47 Å². The van der Waals surface area contributed by atoms with Crippen molar-refractivity contribution in [2.24, 2.45) is 0 Å². The summed E-state index contributed by atoms with van der Waals surface area (Å²) in [5.41, 5.74) is 2.57. The lowest BCUT2D eigenvalue weighted by molar-refractivity contribution is 0.220. The van der Waals surface area contributed by atoms with Gasteiger partial charge in [-0.3, -0.25) is 4.90 Å². The van der Waals surface area contributed by atoms with E-state index in [1.165, 1.54) is 43.5 Å². The summed E-state index contributed by atoms with van der Waals surface area (Å²) in [5.74, 6) is 1.56. The maximum Gasteiger partial charge on any atom is 0.161 e. The number of methoxy groups -OCH3 is 1. The zero-order chi connectivity index (χ0) is 15.9. The Kier molecular flexibility index (Phi) is 5.54. The molecule has 3 heteroatoms. The van der Waals surface area contributed by atoms with Gasteiger partial charge in [-0.05, 0) is 49.2 Å². The molecular weight excluding hydrogens is 286 g/mol. The van der Waals surface area contributed by atoms with Crippen LogP contribution in [-0.2, 0) is 13.2 Å². The van der Waals surface area contributed by atoms with E-state index in [-0.39, 0.29) is 0 Å². The average Bonchev–Trinajstić information content (AvgIpc) is 2.61. The van der Waals surface area contributed by atoms with Crippen LogP contribution < -0.4 is 9.47 Å². The molecule has 0 aliphatic carbocycles. The van der Waals surface area contributed by atoms with Crippen LogP contribution in [0.15, 0.2) is 48.5 Å². The van der Waals surface area contributed by atoms with Crippen LogP contribution in [0.2, 0.25) is 0 Å². The molecule has 1 saturated heterocycles. The van der Waals surface area contributed by atoms with Gasteiger partial charge in [0.05, 0.1) is 7.11 Å². The van der Waals surface area contributed by atoms with E-state index in [4.69, 9.17) is 9.47 Å². The molecule has 2 aromatic carbocycles. The molecule has 0 amide bonds. The van der Waals surface area contributed by atoms with Crippen LogP contribution in [0.3, 0.4) is 0 Å². The van der Waals surface area contributed by atoms with Crippen LogP contribution in [0.5, 0.6) is 11.5 Å². The van der Waals surface area contributed by atoms with Crippen LogP contribution in [0, 0.1) is 0 Å². The monoisotopic (exact) mass is 311 g/mol. The number of benzene rings is 2. The van der Waals surface area contributed by atoms with Crippen molar-refractivity contribution in [3.63, 3.8) is 0 Å². The van der Waals surface area contributed by atoms with E-state index >= 15 is 0 Å².